The molecule has 17 unspecified atom stereocenters. The molecule has 0 aromatic heterocycles. The number of rotatable bonds is 56. The highest BCUT2D eigenvalue weighted by Crippen LogP contribution is 2.33. The standard InChI is InChI=1S/C79H131NO18/c1-3-5-7-9-11-13-15-17-19-21-22-23-24-25-26-27-28-29-30-31-32-33-34-35-36-37-38-39-40-41-43-45-47-49-51-53-55-57-67(85)80-62(63(84)56-54-52-50-48-46-44-42-20-18-16-14-12-10-8-6-4-2)61-93-77-73(91)70(88)75(65(59-82)95-77)98-79-74(92)71(89)76(66(60-83)96-79)97-78-72(90)69(87)68(86)64(58-81)94-78/h5,7,11,13,17,19,22-23,25-26,28-29,31-32,34-35,37-38,46,48,54,56,62-66,68-79,81-84,86-92H,3-4,6,8-10,12,14-16,18,20-21,24,27,30,33,36,39-45,47,49-53,55,57-61H2,1-2H3,(H,80,85)/b7-5-,13-11-,19-17-,23-22-,26-25-,29-28-,32-31-,35-34-,38-37-,48-46+,56-54+. The van der Waals surface area contributed by atoms with E-state index in [1.54, 1.807) is 6.08 Å². The van der Waals surface area contributed by atoms with Crippen LogP contribution in [0.5, 0.6) is 0 Å². The zero-order chi connectivity index (χ0) is 71.1. The quantitative estimate of drug-likeness (QED) is 0.0199. The SMILES string of the molecule is CC/C=C\C/C=C\C/C=C\C/C=C\C/C=C\C/C=C\C/C=C\C/C=C\C/C=C\CCCCCCCCCCCC(=O)NC(COC1OC(CO)C(OC2OC(CO)C(OC3OC(CO)C(O)C(O)C3O)C(O)C2O)C(O)C1O)C(O)/C=C/CC/C=C/CCCCCCCCCCCC. The first-order valence-corrected chi connectivity index (χ1v) is 37.4. The second kappa shape index (κ2) is 58.4. The molecule has 560 valence electrons. The van der Waals surface area contributed by atoms with Gasteiger partial charge in [-0.15, -0.1) is 0 Å². The first-order valence-electron chi connectivity index (χ1n) is 37.4. The number of hydrogen-bond donors (Lipinski definition) is 12. The van der Waals surface area contributed by atoms with Crippen LogP contribution in [0.4, 0.5) is 0 Å². The molecule has 0 aliphatic carbocycles. The number of aliphatic hydroxyl groups is 11. The normalized spacial score (nSPS) is 27.5. The van der Waals surface area contributed by atoms with Crippen molar-refractivity contribution in [2.45, 2.75) is 330 Å². The number of nitrogens with one attached hydrogen (secondary N) is 1. The zero-order valence-corrected chi connectivity index (χ0v) is 59.5. The smallest absolute Gasteiger partial charge is 0.220 e. The highest BCUT2D eigenvalue weighted by atomic mass is 16.8. The van der Waals surface area contributed by atoms with E-state index in [-0.39, 0.29) is 18.9 Å². The summed E-state index contributed by atoms with van der Waals surface area (Å²) < 4.78 is 34.3. The van der Waals surface area contributed by atoms with Crippen LogP contribution in [-0.2, 0) is 33.2 Å². The Kier molecular flexibility index (Phi) is 52.6. The maximum Gasteiger partial charge on any atom is 0.220 e. The van der Waals surface area contributed by atoms with Crippen LogP contribution >= 0.6 is 0 Å². The molecule has 0 bridgehead atoms. The van der Waals surface area contributed by atoms with Gasteiger partial charge in [-0.2, -0.15) is 0 Å². The Morgan fingerprint density at radius 1 is 0.378 bits per heavy atom. The summed E-state index contributed by atoms with van der Waals surface area (Å²) in [7, 11) is 0. The Morgan fingerprint density at radius 2 is 0.714 bits per heavy atom. The summed E-state index contributed by atoms with van der Waals surface area (Å²) in [6.45, 7) is 1.58. The van der Waals surface area contributed by atoms with Gasteiger partial charge in [0.2, 0.25) is 5.91 Å². The van der Waals surface area contributed by atoms with Gasteiger partial charge in [0.1, 0.15) is 73.2 Å². The van der Waals surface area contributed by atoms with Gasteiger partial charge in [-0.05, 0) is 103 Å². The molecule has 3 rings (SSSR count). The van der Waals surface area contributed by atoms with Crippen molar-refractivity contribution in [1.29, 1.82) is 0 Å². The predicted molar refractivity (Wildman–Crippen MR) is 387 cm³/mol. The lowest BCUT2D eigenvalue weighted by Crippen LogP contribution is -2.66. The maximum absolute atomic E-state index is 13.4. The molecule has 1 amide bonds. The molecule has 12 N–H and O–H groups in total. The van der Waals surface area contributed by atoms with Crippen molar-refractivity contribution in [3.05, 3.63) is 134 Å². The van der Waals surface area contributed by atoms with E-state index >= 15 is 0 Å². The van der Waals surface area contributed by atoms with Crippen molar-refractivity contribution in [2.75, 3.05) is 26.4 Å². The first kappa shape index (κ1) is 88.1. The molecule has 3 saturated heterocycles. The van der Waals surface area contributed by atoms with Gasteiger partial charge in [0.15, 0.2) is 18.9 Å². The van der Waals surface area contributed by atoms with Crippen molar-refractivity contribution in [1.82, 2.24) is 5.32 Å². The van der Waals surface area contributed by atoms with E-state index < -0.39 is 124 Å². The van der Waals surface area contributed by atoms with Gasteiger partial charge in [0, 0.05) is 6.42 Å². The summed E-state index contributed by atoms with van der Waals surface area (Å²) >= 11 is 0. The van der Waals surface area contributed by atoms with Gasteiger partial charge in [0.05, 0.1) is 38.6 Å². The second-order valence-corrected chi connectivity index (χ2v) is 26.0. The van der Waals surface area contributed by atoms with Gasteiger partial charge in [-0.25, -0.2) is 0 Å². The predicted octanol–water partition coefficient (Wildman–Crippen LogP) is 11.3. The van der Waals surface area contributed by atoms with Crippen molar-refractivity contribution >= 4 is 5.91 Å². The van der Waals surface area contributed by atoms with E-state index in [1.165, 1.54) is 83.5 Å². The number of aliphatic hydroxyl groups excluding tert-OH is 11. The van der Waals surface area contributed by atoms with E-state index in [9.17, 15) is 61.0 Å². The highest BCUT2D eigenvalue weighted by molar-refractivity contribution is 5.76. The molecule has 0 aromatic carbocycles. The van der Waals surface area contributed by atoms with Crippen LogP contribution in [0, 0.1) is 0 Å². The molecule has 0 radical (unpaired) electrons. The molecule has 0 saturated carbocycles. The van der Waals surface area contributed by atoms with E-state index in [1.807, 2.05) is 6.08 Å². The minimum atomic E-state index is -1.99. The zero-order valence-electron chi connectivity index (χ0n) is 59.5. The average Bonchev–Trinajstić information content (AvgIpc) is 0.784. The number of amides is 1. The molecule has 19 nitrogen and oxygen atoms in total. The van der Waals surface area contributed by atoms with Crippen molar-refractivity contribution in [2.24, 2.45) is 0 Å². The Bertz CT molecular complexity index is 2290. The van der Waals surface area contributed by atoms with E-state index in [4.69, 9.17) is 28.4 Å². The summed E-state index contributed by atoms with van der Waals surface area (Å²) in [5.74, 6) is -0.298. The van der Waals surface area contributed by atoms with Crippen molar-refractivity contribution in [3.8, 4) is 0 Å². The fraction of sp³-hybridized carbons (Fsp3) is 0.709. The largest absolute Gasteiger partial charge is 0.394 e. The molecule has 19 heteroatoms. The molecule has 98 heavy (non-hydrogen) atoms. The summed E-state index contributed by atoms with van der Waals surface area (Å²) in [5, 5.41) is 121. The van der Waals surface area contributed by atoms with Crippen molar-refractivity contribution in [3.63, 3.8) is 0 Å². The third kappa shape index (κ3) is 38.8. The highest BCUT2D eigenvalue weighted by Gasteiger charge is 2.53. The number of carbonyl (C=O) groups is 1. The second-order valence-electron chi connectivity index (χ2n) is 26.0. The Morgan fingerprint density at radius 3 is 1.14 bits per heavy atom. The summed E-state index contributed by atoms with van der Waals surface area (Å²) in [4.78, 5) is 13.4. The number of carbonyl (C=O) groups excluding carboxylic acids is 1. The van der Waals surface area contributed by atoms with E-state index in [2.05, 4.69) is 141 Å². The van der Waals surface area contributed by atoms with E-state index in [0.717, 1.165) is 109 Å². The van der Waals surface area contributed by atoms with Crippen LogP contribution in [0.2, 0.25) is 0 Å². The molecular weight excluding hydrogens is 1250 g/mol. The number of hydrogen-bond acceptors (Lipinski definition) is 18. The molecule has 3 aliphatic rings. The summed E-state index contributed by atoms with van der Waals surface area (Å²) in [6.07, 6.45) is 55.7. The maximum atomic E-state index is 13.4. The van der Waals surface area contributed by atoms with Crippen LogP contribution in [0.1, 0.15) is 226 Å². The fourth-order valence-corrected chi connectivity index (χ4v) is 11.7. The minimum absolute atomic E-state index is 0.220. The molecule has 0 aromatic rings. The monoisotopic (exact) mass is 1380 g/mol. The molecule has 3 fully saturated rings. The van der Waals surface area contributed by atoms with Gasteiger partial charge >= 0.3 is 0 Å². The molecular formula is C79H131NO18. The van der Waals surface area contributed by atoms with Crippen LogP contribution in [0.15, 0.2) is 134 Å². The lowest BCUT2D eigenvalue weighted by molar-refractivity contribution is -0.379. The first-order chi connectivity index (χ1) is 47.8. The van der Waals surface area contributed by atoms with Crippen LogP contribution < -0.4 is 5.32 Å². The number of unbranched alkanes of at least 4 members (excludes halogenated alkanes) is 20. The Balaban J connectivity index is 1.37. The average molecular weight is 1380 g/mol. The Labute approximate surface area is 588 Å². The van der Waals surface area contributed by atoms with Crippen LogP contribution in [0.3, 0.4) is 0 Å². The molecule has 0 spiro atoms. The summed E-state index contributed by atoms with van der Waals surface area (Å²) in [5.41, 5.74) is 0. The Hall–Kier alpha value is -4.07. The van der Waals surface area contributed by atoms with Gasteiger partial charge in [0.25, 0.3) is 0 Å². The van der Waals surface area contributed by atoms with E-state index in [0.29, 0.717) is 12.8 Å². The lowest BCUT2D eigenvalue weighted by Gasteiger charge is -2.48. The van der Waals surface area contributed by atoms with Crippen molar-refractivity contribution < 1.29 is 89.4 Å². The fourth-order valence-electron chi connectivity index (χ4n) is 11.7. The van der Waals surface area contributed by atoms with Gasteiger partial charge in [-0.1, -0.05) is 250 Å². The third-order valence-electron chi connectivity index (χ3n) is 17.7. The summed E-state index contributed by atoms with van der Waals surface area (Å²) in [6, 6.07) is -1.00. The lowest BCUT2D eigenvalue weighted by atomic mass is 9.96. The molecule has 17 atom stereocenters. The topological polar surface area (TPSA) is 307 Å². The third-order valence-corrected chi connectivity index (χ3v) is 17.7. The molecule has 3 heterocycles. The van der Waals surface area contributed by atoms with Crippen LogP contribution in [-0.4, -0.2) is 193 Å². The minimum Gasteiger partial charge on any atom is -0.394 e. The number of allylic oxidation sites excluding steroid dienone is 21. The van der Waals surface area contributed by atoms with Crippen LogP contribution in [0.25, 0.3) is 0 Å². The van der Waals surface area contributed by atoms with Gasteiger partial charge < -0.3 is 89.9 Å². The number of ether oxygens (including phenoxy) is 6. The van der Waals surface area contributed by atoms with Gasteiger partial charge in [-0.3, -0.25) is 4.79 Å². The molecule has 3 aliphatic heterocycles.